The summed E-state index contributed by atoms with van der Waals surface area (Å²) >= 11 is 0. The molecule has 1 rings (SSSR count). The summed E-state index contributed by atoms with van der Waals surface area (Å²) in [6, 6.07) is 0. The van der Waals surface area contributed by atoms with E-state index in [1.807, 2.05) is 13.8 Å². The third-order valence-corrected chi connectivity index (χ3v) is 6.71. The highest BCUT2D eigenvalue weighted by atomic mass is 16.4. The molecular formula is C20H32O8. The van der Waals surface area contributed by atoms with Crippen LogP contribution in [0.4, 0.5) is 0 Å². The maximum absolute atomic E-state index is 11.7. The molecule has 0 spiro atoms. The first kappa shape index (κ1) is 23.9. The maximum Gasteiger partial charge on any atom is 0.320 e. The van der Waals surface area contributed by atoms with E-state index < -0.39 is 34.7 Å². The largest absolute Gasteiger partial charge is 0.480 e. The van der Waals surface area contributed by atoms with Gasteiger partial charge in [-0.3, -0.25) is 19.2 Å². The Balaban J connectivity index is 3.38. The smallest absolute Gasteiger partial charge is 0.320 e. The monoisotopic (exact) mass is 400 g/mol. The minimum absolute atomic E-state index is 0.0250. The van der Waals surface area contributed by atoms with Gasteiger partial charge in [-0.05, 0) is 56.8 Å². The van der Waals surface area contributed by atoms with Crippen molar-refractivity contribution in [2.24, 2.45) is 34.5 Å². The Bertz CT molecular complexity index is 598. The molecule has 28 heavy (non-hydrogen) atoms. The summed E-state index contributed by atoms with van der Waals surface area (Å²) in [5.41, 5.74) is -4.01. The SMILES string of the molecule is CCCC1CCC(C)C(CC(C)(C(=O)O)C(=O)O)C1CC(C)(C(=O)O)C(=O)O. The molecule has 1 aliphatic carbocycles. The van der Waals surface area contributed by atoms with Crippen molar-refractivity contribution >= 4 is 23.9 Å². The normalized spacial score (nSPS) is 25.9. The minimum Gasteiger partial charge on any atom is -0.480 e. The van der Waals surface area contributed by atoms with Crippen LogP contribution in [-0.4, -0.2) is 44.3 Å². The molecule has 8 heteroatoms. The zero-order valence-corrected chi connectivity index (χ0v) is 17.0. The lowest BCUT2D eigenvalue weighted by molar-refractivity contribution is -0.170. The summed E-state index contributed by atoms with van der Waals surface area (Å²) < 4.78 is 0. The number of aliphatic carboxylic acids is 4. The van der Waals surface area contributed by atoms with E-state index in [1.54, 1.807) is 0 Å². The van der Waals surface area contributed by atoms with Crippen LogP contribution in [0.25, 0.3) is 0 Å². The predicted octanol–water partition coefficient (Wildman–Crippen LogP) is 3.20. The minimum atomic E-state index is -2.01. The molecule has 0 heterocycles. The molecule has 160 valence electrons. The van der Waals surface area contributed by atoms with Crippen LogP contribution in [-0.2, 0) is 19.2 Å². The van der Waals surface area contributed by atoms with Gasteiger partial charge >= 0.3 is 23.9 Å². The zero-order chi connectivity index (χ0) is 21.9. The van der Waals surface area contributed by atoms with Gasteiger partial charge in [0.25, 0.3) is 0 Å². The Labute approximate surface area is 164 Å². The zero-order valence-electron chi connectivity index (χ0n) is 17.0. The summed E-state index contributed by atoms with van der Waals surface area (Å²) in [6.45, 7) is 6.22. The molecule has 4 unspecified atom stereocenters. The second-order valence-corrected chi connectivity index (χ2v) is 8.72. The molecular weight excluding hydrogens is 368 g/mol. The number of carboxylic acids is 4. The lowest BCUT2D eigenvalue weighted by atomic mass is 9.58. The summed E-state index contributed by atoms with van der Waals surface area (Å²) in [5, 5.41) is 38.1. The molecule has 0 bridgehead atoms. The number of carboxylic acid groups (broad SMARTS) is 4. The van der Waals surface area contributed by atoms with Crippen LogP contribution in [0.3, 0.4) is 0 Å². The van der Waals surface area contributed by atoms with Gasteiger partial charge in [-0.15, -0.1) is 0 Å². The second-order valence-electron chi connectivity index (χ2n) is 8.72. The van der Waals surface area contributed by atoms with Crippen molar-refractivity contribution in [2.75, 3.05) is 0 Å². The molecule has 0 aromatic rings. The third-order valence-electron chi connectivity index (χ3n) is 6.71. The highest BCUT2D eigenvalue weighted by molar-refractivity contribution is 5.98. The van der Waals surface area contributed by atoms with E-state index in [0.717, 1.165) is 25.7 Å². The Morgan fingerprint density at radius 1 is 0.786 bits per heavy atom. The van der Waals surface area contributed by atoms with Gasteiger partial charge in [0.05, 0.1) is 0 Å². The molecule has 4 atom stereocenters. The number of hydrogen-bond acceptors (Lipinski definition) is 4. The standard InChI is InChI=1S/C20H32O8/c1-5-6-12-8-7-11(2)13(9-19(3,15(21)22)16(23)24)14(12)10-20(4,17(25)26)18(27)28/h11-14H,5-10H2,1-4H3,(H,21,22)(H,23,24)(H,25,26)(H,27,28). The van der Waals surface area contributed by atoms with Gasteiger partial charge in [0.15, 0.2) is 10.8 Å². The van der Waals surface area contributed by atoms with Crippen LogP contribution in [0.1, 0.15) is 66.2 Å². The molecule has 0 aromatic carbocycles. The van der Waals surface area contributed by atoms with E-state index in [-0.39, 0.29) is 36.5 Å². The lowest BCUT2D eigenvalue weighted by Gasteiger charge is -2.46. The Hall–Kier alpha value is -2.12. The molecule has 0 radical (unpaired) electrons. The van der Waals surface area contributed by atoms with E-state index in [4.69, 9.17) is 0 Å². The first-order valence-electron chi connectivity index (χ1n) is 9.74. The molecule has 0 aromatic heterocycles. The van der Waals surface area contributed by atoms with E-state index in [9.17, 15) is 39.6 Å². The van der Waals surface area contributed by atoms with Gasteiger partial charge in [-0.1, -0.05) is 33.1 Å². The Morgan fingerprint density at radius 2 is 1.18 bits per heavy atom. The van der Waals surface area contributed by atoms with Crippen LogP contribution in [0, 0.1) is 34.5 Å². The summed E-state index contributed by atoms with van der Waals surface area (Å²) in [4.78, 5) is 46.8. The Morgan fingerprint density at radius 3 is 1.54 bits per heavy atom. The average Bonchev–Trinajstić information content (AvgIpc) is 2.59. The van der Waals surface area contributed by atoms with E-state index >= 15 is 0 Å². The van der Waals surface area contributed by atoms with E-state index in [2.05, 4.69) is 0 Å². The van der Waals surface area contributed by atoms with E-state index in [1.165, 1.54) is 13.8 Å². The van der Waals surface area contributed by atoms with Crippen molar-refractivity contribution in [3.63, 3.8) is 0 Å². The van der Waals surface area contributed by atoms with Gasteiger partial charge in [0.1, 0.15) is 0 Å². The fourth-order valence-corrected chi connectivity index (χ4v) is 4.55. The van der Waals surface area contributed by atoms with Gasteiger partial charge in [0.2, 0.25) is 0 Å². The topological polar surface area (TPSA) is 149 Å². The van der Waals surface area contributed by atoms with Crippen molar-refractivity contribution in [1.29, 1.82) is 0 Å². The average molecular weight is 400 g/mol. The molecule has 0 aliphatic heterocycles. The summed E-state index contributed by atoms with van der Waals surface area (Å²) in [5.74, 6) is -6.51. The van der Waals surface area contributed by atoms with Crippen molar-refractivity contribution in [2.45, 2.75) is 66.2 Å². The van der Waals surface area contributed by atoms with Crippen LogP contribution in [0.15, 0.2) is 0 Å². The number of carbonyl (C=O) groups is 4. The van der Waals surface area contributed by atoms with Crippen LogP contribution < -0.4 is 0 Å². The van der Waals surface area contributed by atoms with Crippen molar-refractivity contribution in [1.82, 2.24) is 0 Å². The van der Waals surface area contributed by atoms with Crippen molar-refractivity contribution < 1.29 is 39.6 Å². The second kappa shape index (κ2) is 8.92. The summed E-state index contributed by atoms with van der Waals surface area (Å²) in [6.07, 6.45) is 2.86. The highest BCUT2D eigenvalue weighted by Gasteiger charge is 2.52. The molecule has 1 fully saturated rings. The van der Waals surface area contributed by atoms with E-state index in [0.29, 0.717) is 0 Å². The molecule has 1 aliphatic rings. The number of hydrogen-bond donors (Lipinski definition) is 4. The van der Waals surface area contributed by atoms with Crippen molar-refractivity contribution in [3.8, 4) is 0 Å². The molecule has 1 saturated carbocycles. The first-order chi connectivity index (χ1) is 12.8. The Kier molecular flexibility index (Phi) is 7.62. The van der Waals surface area contributed by atoms with Gasteiger partial charge in [-0.25, -0.2) is 0 Å². The van der Waals surface area contributed by atoms with Crippen LogP contribution >= 0.6 is 0 Å². The quantitative estimate of drug-likeness (QED) is 0.408. The third kappa shape index (κ3) is 4.64. The maximum atomic E-state index is 11.7. The van der Waals surface area contributed by atoms with Gasteiger partial charge in [0, 0.05) is 0 Å². The first-order valence-corrected chi connectivity index (χ1v) is 9.74. The predicted molar refractivity (Wildman–Crippen MR) is 99.8 cm³/mol. The molecule has 0 saturated heterocycles. The van der Waals surface area contributed by atoms with Crippen molar-refractivity contribution in [3.05, 3.63) is 0 Å². The molecule has 8 nitrogen and oxygen atoms in total. The fraction of sp³-hybridized carbons (Fsp3) is 0.800. The van der Waals surface area contributed by atoms with Gasteiger partial charge in [-0.2, -0.15) is 0 Å². The van der Waals surface area contributed by atoms with Gasteiger partial charge < -0.3 is 20.4 Å². The molecule has 4 N–H and O–H groups in total. The van der Waals surface area contributed by atoms with Crippen LogP contribution in [0.2, 0.25) is 0 Å². The summed E-state index contributed by atoms with van der Waals surface area (Å²) in [7, 11) is 0. The lowest BCUT2D eigenvalue weighted by Crippen LogP contribution is -2.47. The van der Waals surface area contributed by atoms with Crippen LogP contribution in [0.5, 0.6) is 0 Å². The molecule has 0 amide bonds. The number of rotatable bonds is 10. The highest BCUT2D eigenvalue weighted by Crippen LogP contribution is 2.50. The fourth-order valence-electron chi connectivity index (χ4n) is 4.55.